The molecular weight excluding hydrogens is 206 g/mol. The van der Waals surface area contributed by atoms with E-state index in [4.69, 9.17) is 4.74 Å². The summed E-state index contributed by atoms with van der Waals surface area (Å²) >= 11 is 0. The number of rotatable bonds is 9. The summed E-state index contributed by atoms with van der Waals surface area (Å²) in [6.07, 6.45) is 0.854. The van der Waals surface area contributed by atoms with Crippen molar-refractivity contribution >= 4 is 5.91 Å². The molecule has 0 radical (unpaired) electrons. The predicted octanol–water partition coefficient (Wildman–Crippen LogP) is -0.321. The van der Waals surface area contributed by atoms with Gasteiger partial charge in [0.2, 0.25) is 5.91 Å². The fourth-order valence-corrected chi connectivity index (χ4v) is 1.18. The third kappa shape index (κ3) is 8.64. The molecule has 0 bridgehead atoms. The number of hydrogen-bond acceptors (Lipinski definition) is 4. The summed E-state index contributed by atoms with van der Waals surface area (Å²) in [7, 11) is 5.68. The second-order valence-electron chi connectivity index (χ2n) is 4.12. The number of hydrogen-bond donors (Lipinski definition) is 2. The van der Waals surface area contributed by atoms with Crippen LogP contribution in [0.25, 0.3) is 0 Å². The first-order valence-corrected chi connectivity index (χ1v) is 5.72. The van der Waals surface area contributed by atoms with Gasteiger partial charge in [-0.25, -0.2) is 0 Å². The molecule has 0 aliphatic heterocycles. The maximum Gasteiger partial charge on any atom is 0.236 e. The van der Waals surface area contributed by atoms with Crippen LogP contribution in [0.1, 0.15) is 13.3 Å². The number of likely N-dealkylation sites (N-methyl/N-ethyl adjacent to an activating group) is 1. The van der Waals surface area contributed by atoms with E-state index >= 15 is 0 Å². The van der Waals surface area contributed by atoms with Gasteiger partial charge in [-0.3, -0.25) is 4.79 Å². The first kappa shape index (κ1) is 15.3. The highest BCUT2D eigenvalue weighted by Crippen LogP contribution is 1.84. The van der Waals surface area contributed by atoms with Gasteiger partial charge in [-0.05, 0) is 27.4 Å². The summed E-state index contributed by atoms with van der Waals surface area (Å²) in [5.41, 5.74) is 0. The molecule has 0 spiro atoms. The Morgan fingerprint density at radius 3 is 2.62 bits per heavy atom. The highest BCUT2D eigenvalue weighted by atomic mass is 16.5. The van der Waals surface area contributed by atoms with Gasteiger partial charge in [-0.1, -0.05) is 0 Å². The van der Waals surface area contributed by atoms with E-state index in [0.29, 0.717) is 13.2 Å². The van der Waals surface area contributed by atoms with Crippen molar-refractivity contribution in [2.45, 2.75) is 19.4 Å². The van der Waals surface area contributed by atoms with Crippen molar-refractivity contribution in [2.24, 2.45) is 0 Å². The van der Waals surface area contributed by atoms with Crippen LogP contribution in [0.15, 0.2) is 0 Å². The van der Waals surface area contributed by atoms with Gasteiger partial charge in [0.25, 0.3) is 0 Å². The molecule has 0 saturated heterocycles. The minimum Gasteiger partial charge on any atom is -0.385 e. The minimum absolute atomic E-state index is 0.0508. The van der Waals surface area contributed by atoms with Crippen molar-refractivity contribution < 1.29 is 9.53 Å². The van der Waals surface area contributed by atoms with E-state index in [1.54, 1.807) is 7.11 Å². The lowest BCUT2D eigenvalue weighted by atomic mass is 10.3. The molecule has 0 heterocycles. The van der Waals surface area contributed by atoms with Gasteiger partial charge in [-0.15, -0.1) is 0 Å². The van der Waals surface area contributed by atoms with Crippen LogP contribution in [-0.4, -0.2) is 64.3 Å². The van der Waals surface area contributed by atoms with Gasteiger partial charge in [0.05, 0.1) is 6.04 Å². The van der Waals surface area contributed by atoms with Crippen LogP contribution < -0.4 is 10.6 Å². The molecule has 1 atom stereocenters. The fourth-order valence-electron chi connectivity index (χ4n) is 1.18. The Balaban J connectivity index is 3.49. The van der Waals surface area contributed by atoms with Gasteiger partial charge in [0.1, 0.15) is 0 Å². The first-order valence-electron chi connectivity index (χ1n) is 5.72. The van der Waals surface area contributed by atoms with Crippen LogP contribution in [-0.2, 0) is 9.53 Å². The van der Waals surface area contributed by atoms with Crippen molar-refractivity contribution in [3.05, 3.63) is 0 Å². The normalized spacial score (nSPS) is 12.8. The largest absolute Gasteiger partial charge is 0.385 e. The summed E-state index contributed by atoms with van der Waals surface area (Å²) < 4.78 is 4.90. The van der Waals surface area contributed by atoms with Crippen LogP contribution >= 0.6 is 0 Å². The third-order valence-electron chi connectivity index (χ3n) is 2.23. The molecule has 0 rings (SSSR count). The highest BCUT2D eigenvalue weighted by Gasteiger charge is 2.10. The topological polar surface area (TPSA) is 53.6 Å². The van der Waals surface area contributed by atoms with E-state index < -0.39 is 0 Å². The number of methoxy groups -OCH3 is 1. The quantitative estimate of drug-likeness (QED) is 0.534. The van der Waals surface area contributed by atoms with Crippen LogP contribution in [0.2, 0.25) is 0 Å². The monoisotopic (exact) mass is 231 g/mol. The zero-order valence-corrected chi connectivity index (χ0v) is 10.9. The van der Waals surface area contributed by atoms with E-state index in [9.17, 15) is 4.79 Å². The zero-order chi connectivity index (χ0) is 12.4. The summed E-state index contributed by atoms with van der Waals surface area (Å²) in [6, 6.07) is -0.137. The van der Waals surface area contributed by atoms with Crippen molar-refractivity contribution in [1.82, 2.24) is 15.5 Å². The van der Waals surface area contributed by atoms with Crippen LogP contribution in [0.3, 0.4) is 0 Å². The van der Waals surface area contributed by atoms with Crippen LogP contribution in [0.4, 0.5) is 0 Å². The van der Waals surface area contributed by atoms with Crippen molar-refractivity contribution in [2.75, 3.05) is 47.4 Å². The lowest BCUT2D eigenvalue weighted by molar-refractivity contribution is -0.122. The molecule has 2 N–H and O–H groups in total. The van der Waals surface area contributed by atoms with Crippen molar-refractivity contribution in [1.29, 1.82) is 0 Å². The van der Waals surface area contributed by atoms with Crippen LogP contribution in [0, 0.1) is 0 Å². The summed E-state index contributed by atoms with van der Waals surface area (Å²) in [5.74, 6) is 0.0508. The molecule has 0 aliphatic rings. The van der Waals surface area contributed by atoms with E-state index in [1.807, 2.05) is 21.0 Å². The molecule has 0 fully saturated rings. The Kier molecular flexibility index (Phi) is 9.18. The minimum atomic E-state index is -0.137. The van der Waals surface area contributed by atoms with Gasteiger partial charge in [0.15, 0.2) is 0 Å². The Hall–Kier alpha value is -0.650. The molecule has 0 aromatic heterocycles. The fraction of sp³-hybridized carbons (Fsp3) is 0.909. The zero-order valence-electron chi connectivity index (χ0n) is 10.9. The first-order chi connectivity index (χ1) is 7.57. The van der Waals surface area contributed by atoms with Gasteiger partial charge >= 0.3 is 0 Å². The molecular formula is C11H25N3O2. The predicted molar refractivity (Wildman–Crippen MR) is 65.5 cm³/mol. The molecule has 5 nitrogen and oxygen atoms in total. The molecule has 1 unspecified atom stereocenters. The van der Waals surface area contributed by atoms with Gasteiger partial charge in [-0.2, -0.15) is 0 Å². The molecule has 0 aliphatic carbocycles. The molecule has 0 aromatic rings. The van der Waals surface area contributed by atoms with Crippen LogP contribution in [0.5, 0.6) is 0 Å². The Bertz CT molecular complexity index is 186. The third-order valence-corrected chi connectivity index (χ3v) is 2.23. The second-order valence-corrected chi connectivity index (χ2v) is 4.12. The SMILES string of the molecule is COCCCNC(=O)C(C)NCCN(C)C. The van der Waals surface area contributed by atoms with E-state index in [2.05, 4.69) is 15.5 Å². The van der Waals surface area contributed by atoms with E-state index in [0.717, 1.165) is 19.5 Å². The number of nitrogens with one attached hydrogen (secondary N) is 2. The molecule has 5 heteroatoms. The highest BCUT2D eigenvalue weighted by molar-refractivity contribution is 5.81. The number of carbonyl (C=O) groups excluding carboxylic acids is 1. The maximum atomic E-state index is 11.6. The van der Waals surface area contributed by atoms with Crippen molar-refractivity contribution in [3.8, 4) is 0 Å². The lowest BCUT2D eigenvalue weighted by Crippen LogP contribution is -2.44. The second kappa shape index (κ2) is 9.57. The van der Waals surface area contributed by atoms with E-state index in [1.165, 1.54) is 0 Å². The number of ether oxygens (including phenoxy) is 1. The Morgan fingerprint density at radius 2 is 2.06 bits per heavy atom. The number of amides is 1. The number of nitrogens with zero attached hydrogens (tertiary/aromatic N) is 1. The maximum absolute atomic E-state index is 11.6. The molecule has 1 amide bonds. The summed E-state index contributed by atoms with van der Waals surface area (Å²) in [4.78, 5) is 13.6. The van der Waals surface area contributed by atoms with Gasteiger partial charge < -0.3 is 20.3 Å². The average molecular weight is 231 g/mol. The van der Waals surface area contributed by atoms with Crippen molar-refractivity contribution in [3.63, 3.8) is 0 Å². The molecule has 16 heavy (non-hydrogen) atoms. The standard InChI is InChI=1S/C11H25N3O2/c1-10(12-7-8-14(2)3)11(15)13-6-5-9-16-4/h10,12H,5-9H2,1-4H3,(H,13,15). The molecule has 0 aromatic carbocycles. The van der Waals surface area contributed by atoms with Gasteiger partial charge in [0, 0.05) is 33.4 Å². The number of carbonyl (C=O) groups is 1. The average Bonchev–Trinajstić information content (AvgIpc) is 2.23. The smallest absolute Gasteiger partial charge is 0.236 e. The summed E-state index contributed by atoms with van der Waals surface area (Å²) in [5, 5.41) is 6.03. The van der Waals surface area contributed by atoms with E-state index in [-0.39, 0.29) is 11.9 Å². The molecule has 0 saturated carbocycles. The lowest BCUT2D eigenvalue weighted by Gasteiger charge is -2.16. The summed E-state index contributed by atoms with van der Waals surface area (Å²) in [6.45, 7) is 4.98. The Morgan fingerprint density at radius 1 is 1.38 bits per heavy atom. The molecule has 96 valence electrons. The Labute approximate surface area is 98.5 Å².